The minimum atomic E-state index is -0.503. The largest absolute Gasteiger partial charge is 0.380 e. The number of ether oxygens (including phenoxy) is 1. The molecule has 0 N–H and O–H groups in total. The average molecular weight is 498 g/mol. The van der Waals surface area contributed by atoms with E-state index >= 15 is 0 Å². The number of hydrogen-bond donors (Lipinski definition) is 0. The minimum absolute atomic E-state index is 0.00778. The SMILES string of the molecule is Cc1cn(-c2ccc(/C=C3\CC4(COC4)CN4C3=NCC(=O)C4c3ccc(F)cc3)c3cnoc23)cn1. The molecule has 1 atom stereocenters. The van der Waals surface area contributed by atoms with Gasteiger partial charge in [-0.3, -0.25) is 9.79 Å². The Balaban J connectivity index is 1.33. The molecule has 5 heterocycles. The predicted molar refractivity (Wildman–Crippen MR) is 135 cm³/mol. The average Bonchev–Trinajstić information content (AvgIpc) is 3.53. The van der Waals surface area contributed by atoms with Gasteiger partial charge in [-0.05, 0) is 54.3 Å². The lowest BCUT2D eigenvalue weighted by Crippen LogP contribution is -2.59. The van der Waals surface area contributed by atoms with Crippen LogP contribution < -0.4 is 0 Å². The third-order valence-electron chi connectivity index (χ3n) is 7.49. The standard InChI is InChI=1S/C28H24FN5O3/c1-17-12-33(16-31-17)23-7-4-19(22-10-32-37-26(22)23)8-20-9-28(14-36-15-28)13-34-25(24(35)11-30-27(20)34)18-2-5-21(29)6-3-18/h2-8,10,12,16,25H,9,11,13-15H2,1H3/b20-8+. The van der Waals surface area contributed by atoms with Crippen molar-refractivity contribution < 1.29 is 18.4 Å². The van der Waals surface area contributed by atoms with Crippen molar-refractivity contribution in [2.24, 2.45) is 10.4 Å². The minimum Gasteiger partial charge on any atom is -0.380 e. The molecule has 4 aromatic rings. The number of aromatic nitrogens is 3. The van der Waals surface area contributed by atoms with E-state index in [0.29, 0.717) is 25.3 Å². The second kappa shape index (κ2) is 8.21. The first kappa shape index (κ1) is 22.1. The molecule has 2 saturated heterocycles. The second-order valence-electron chi connectivity index (χ2n) is 10.2. The summed E-state index contributed by atoms with van der Waals surface area (Å²) in [4.78, 5) is 24.2. The molecule has 3 aliphatic heterocycles. The number of ketones is 1. The fourth-order valence-electron chi connectivity index (χ4n) is 5.72. The number of nitrogens with zero attached hydrogens (tertiary/aromatic N) is 5. The van der Waals surface area contributed by atoms with Crippen molar-refractivity contribution in [2.45, 2.75) is 19.4 Å². The van der Waals surface area contributed by atoms with Crippen LogP contribution >= 0.6 is 0 Å². The van der Waals surface area contributed by atoms with Gasteiger partial charge in [0.2, 0.25) is 0 Å². The number of aliphatic imine (C=N–C) groups is 1. The highest BCUT2D eigenvalue weighted by molar-refractivity contribution is 6.09. The molecule has 8 nitrogen and oxygen atoms in total. The van der Waals surface area contributed by atoms with Crippen molar-refractivity contribution in [1.82, 2.24) is 19.6 Å². The number of rotatable bonds is 3. The summed E-state index contributed by atoms with van der Waals surface area (Å²) in [5, 5.41) is 4.96. The molecule has 2 aromatic heterocycles. The number of aryl methyl sites for hydroxylation is 1. The van der Waals surface area contributed by atoms with Crippen LogP contribution in [0.1, 0.15) is 29.3 Å². The number of hydrogen-bond acceptors (Lipinski definition) is 7. The van der Waals surface area contributed by atoms with Crippen LogP contribution in [0.3, 0.4) is 0 Å². The number of amidine groups is 1. The Hall–Kier alpha value is -4.11. The Labute approximate surface area is 212 Å². The van der Waals surface area contributed by atoms with E-state index in [1.165, 1.54) is 12.1 Å². The third-order valence-corrected chi connectivity index (χ3v) is 7.49. The maximum Gasteiger partial charge on any atom is 0.191 e. The number of fused-ring (bicyclic) bond motifs is 2. The number of halogens is 1. The molecule has 0 amide bonds. The lowest BCUT2D eigenvalue weighted by atomic mass is 9.74. The molecule has 0 radical (unpaired) electrons. The Bertz CT molecular complexity index is 1600. The molecule has 0 aliphatic carbocycles. The summed E-state index contributed by atoms with van der Waals surface area (Å²) in [5.74, 6) is 0.495. The van der Waals surface area contributed by atoms with Gasteiger partial charge in [0, 0.05) is 18.2 Å². The Morgan fingerprint density at radius 1 is 1.16 bits per heavy atom. The topological polar surface area (TPSA) is 85.8 Å². The number of benzene rings is 2. The molecule has 3 aliphatic rings. The smallest absolute Gasteiger partial charge is 0.191 e. The van der Waals surface area contributed by atoms with Crippen molar-refractivity contribution in [3.63, 3.8) is 0 Å². The monoisotopic (exact) mass is 497 g/mol. The molecule has 2 aromatic carbocycles. The van der Waals surface area contributed by atoms with Gasteiger partial charge < -0.3 is 18.7 Å². The van der Waals surface area contributed by atoms with E-state index in [0.717, 1.165) is 45.7 Å². The summed E-state index contributed by atoms with van der Waals surface area (Å²) in [7, 11) is 0. The Kier molecular flexibility index (Phi) is 4.91. The van der Waals surface area contributed by atoms with Crippen molar-refractivity contribution in [2.75, 3.05) is 26.3 Å². The van der Waals surface area contributed by atoms with E-state index in [-0.39, 0.29) is 23.6 Å². The molecule has 1 unspecified atom stereocenters. The van der Waals surface area contributed by atoms with Gasteiger partial charge in [0.05, 0.1) is 42.5 Å². The van der Waals surface area contributed by atoms with Crippen LogP contribution in [0.2, 0.25) is 0 Å². The summed E-state index contributed by atoms with van der Waals surface area (Å²) in [6.45, 7) is 3.95. The fraction of sp³-hybridized carbons (Fsp3) is 0.286. The van der Waals surface area contributed by atoms with Gasteiger partial charge in [-0.25, -0.2) is 9.37 Å². The molecule has 186 valence electrons. The van der Waals surface area contributed by atoms with Gasteiger partial charge in [-0.2, -0.15) is 0 Å². The molecule has 0 saturated carbocycles. The molecular weight excluding hydrogens is 473 g/mol. The number of piperidine rings is 1. The zero-order chi connectivity index (χ0) is 25.1. The van der Waals surface area contributed by atoms with Crippen molar-refractivity contribution >= 4 is 28.7 Å². The normalized spacial score (nSPS) is 21.8. The second-order valence-corrected chi connectivity index (χ2v) is 10.2. The van der Waals surface area contributed by atoms with E-state index in [2.05, 4.69) is 21.1 Å². The van der Waals surface area contributed by atoms with E-state index in [1.54, 1.807) is 24.7 Å². The Morgan fingerprint density at radius 2 is 2.00 bits per heavy atom. The van der Waals surface area contributed by atoms with Crippen LogP contribution in [0.25, 0.3) is 22.7 Å². The van der Waals surface area contributed by atoms with Gasteiger partial charge >= 0.3 is 0 Å². The van der Waals surface area contributed by atoms with Crippen LogP contribution in [0.5, 0.6) is 0 Å². The molecule has 37 heavy (non-hydrogen) atoms. The zero-order valence-electron chi connectivity index (χ0n) is 20.2. The predicted octanol–water partition coefficient (Wildman–Crippen LogP) is 4.29. The number of Topliss-reactive ketones (excluding diaryl/α,β-unsaturated/α-hetero) is 1. The Morgan fingerprint density at radius 3 is 2.73 bits per heavy atom. The molecule has 9 heteroatoms. The molecule has 2 fully saturated rings. The van der Waals surface area contributed by atoms with Crippen LogP contribution in [-0.4, -0.2) is 57.5 Å². The molecule has 1 spiro atoms. The highest BCUT2D eigenvalue weighted by Crippen LogP contribution is 2.45. The first-order valence-electron chi connectivity index (χ1n) is 12.3. The van der Waals surface area contributed by atoms with Gasteiger partial charge in [0.1, 0.15) is 24.2 Å². The van der Waals surface area contributed by atoms with Crippen LogP contribution in [-0.2, 0) is 9.53 Å². The lowest BCUT2D eigenvalue weighted by molar-refractivity contribution is -0.136. The van der Waals surface area contributed by atoms with Gasteiger partial charge in [0.15, 0.2) is 11.4 Å². The summed E-state index contributed by atoms with van der Waals surface area (Å²) < 4.78 is 26.9. The van der Waals surface area contributed by atoms with E-state index in [1.807, 2.05) is 29.8 Å². The first-order chi connectivity index (χ1) is 18.0. The van der Waals surface area contributed by atoms with Crippen LogP contribution in [0.15, 0.2) is 70.2 Å². The lowest BCUT2D eigenvalue weighted by Gasteiger charge is -2.52. The van der Waals surface area contributed by atoms with Gasteiger partial charge in [-0.1, -0.05) is 23.4 Å². The third kappa shape index (κ3) is 3.61. The first-order valence-corrected chi connectivity index (χ1v) is 12.3. The molecule has 7 rings (SSSR count). The fourth-order valence-corrected chi connectivity index (χ4v) is 5.72. The van der Waals surface area contributed by atoms with E-state index < -0.39 is 6.04 Å². The highest BCUT2D eigenvalue weighted by atomic mass is 19.1. The van der Waals surface area contributed by atoms with Crippen molar-refractivity contribution in [3.8, 4) is 5.69 Å². The molecule has 0 bridgehead atoms. The van der Waals surface area contributed by atoms with Crippen LogP contribution in [0.4, 0.5) is 4.39 Å². The van der Waals surface area contributed by atoms with Gasteiger partial charge in [0.25, 0.3) is 0 Å². The van der Waals surface area contributed by atoms with Crippen molar-refractivity contribution in [3.05, 3.63) is 83.3 Å². The maximum absolute atomic E-state index is 13.6. The highest BCUT2D eigenvalue weighted by Gasteiger charge is 2.49. The summed E-state index contributed by atoms with van der Waals surface area (Å²) in [6, 6.07) is 9.74. The number of carbonyl (C=O) groups is 1. The molecular formula is C28H24FN5O3. The van der Waals surface area contributed by atoms with Crippen molar-refractivity contribution in [1.29, 1.82) is 0 Å². The maximum atomic E-state index is 13.6. The number of carbonyl (C=O) groups excluding carboxylic acids is 1. The summed E-state index contributed by atoms with van der Waals surface area (Å²) in [6.07, 6.45) is 8.35. The quantitative estimate of drug-likeness (QED) is 0.420. The summed E-state index contributed by atoms with van der Waals surface area (Å²) in [5.41, 5.74) is 5.13. The van der Waals surface area contributed by atoms with E-state index in [9.17, 15) is 9.18 Å². The zero-order valence-corrected chi connectivity index (χ0v) is 20.2. The summed E-state index contributed by atoms with van der Waals surface area (Å²) >= 11 is 0. The number of imidazole rings is 1. The van der Waals surface area contributed by atoms with Crippen LogP contribution in [0, 0.1) is 18.2 Å². The van der Waals surface area contributed by atoms with E-state index in [4.69, 9.17) is 14.3 Å². The van der Waals surface area contributed by atoms with Gasteiger partial charge in [-0.15, -0.1) is 0 Å².